The molecule has 2 unspecified atom stereocenters. The molecule has 1 fully saturated rings. The summed E-state index contributed by atoms with van der Waals surface area (Å²) in [5.41, 5.74) is 0. The molecule has 0 spiro atoms. The molecule has 2 rings (SSSR count). The summed E-state index contributed by atoms with van der Waals surface area (Å²) in [5, 5.41) is 3.12. The normalized spacial score (nSPS) is 22.9. The fraction of sp³-hybridized carbons (Fsp3) is 0.733. The van der Waals surface area contributed by atoms with Gasteiger partial charge in [-0.2, -0.15) is 0 Å². The zero-order valence-corrected chi connectivity index (χ0v) is 13.0. The average Bonchev–Trinajstić information content (AvgIpc) is 2.47. The molecule has 0 saturated carbocycles. The third kappa shape index (κ3) is 3.39. The highest BCUT2D eigenvalue weighted by molar-refractivity contribution is 5.50. The Labute approximate surface area is 121 Å². The van der Waals surface area contributed by atoms with Crippen LogP contribution in [-0.4, -0.2) is 36.2 Å². The molecule has 112 valence electrons. The van der Waals surface area contributed by atoms with Gasteiger partial charge in [-0.05, 0) is 32.6 Å². The first kappa shape index (κ1) is 15.0. The molecule has 1 saturated heterocycles. The Morgan fingerprint density at radius 3 is 2.90 bits per heavy atom. The zero-order chi connectivity index (χ0) is 14.5. The van der Waals surface area contributed by atoms with E-state index in [1.54, 1.807) is 0 Å². The summed E-state index contributed by atoms with van der Waals surface area (Å²) in [7, 11) is 1.89. The maximum Gasteiger partial charge on any atom is 0.158 e. The van der Waals surface area contributed by atoms with Gasteiger partial charge in [0.1, 0.15) is 18.2 Å². The number of nitrogens with zero attached hydrogens (tertiary/aromatic N) is 3. The number of rotatable bonds is 5. The summed E-state index contributed by atoms with van der Waals surface area (Å²) in [5.74, 6) is 3.32. The van der Waals surface area contributed by atoms with Gasteiger partial charge in [0.2, 0.25) is 0 Å². The van der Waals surface area contributed by atoms with E-state index in [9.17, 15) is 0 Å². The Morgan fingerprint density at radius 2 is 2.20 bits per heavy atom. The standard InChI is InChI=1S/C15H26N4O/c1-5-20-10-14-17-13(16-4)9-15(18-14)19-8-6-7-11(2)12(19)3/h9,11-12H,5-8,10H2,1-4H3,(H,16,17,18). The van der Waals surface area contributed by atoms with E-state index in [0.717, 1.165) is 24.0 Å². The largest absolute Gasteiger partial charge is 0.374 e. The fourth-order valence-electron chi connectivity index (χ4n) is 2.68. The minimum Gasteiger partial charge on any atom is -0.374 e. The molecule has 2 heterocycles. The molecule has 1 aliphatic rings. The minimum absolute atomic E-state index is 0.469. The van der Waals surface area contributed by atoms with Crippen molar-refractivity contribution >= 4 is 11.6 Å². The predicted octanol–water partition coefficient (Wildman–Crippen LogP) is 2.68. The molecule has 0 aromatic carbocycles. The van der Waals surface area contributed by atoms with Gasteiger partial charge in [0.25, 0.3) is 0 Å². The number of aromatic nitrogens is 2. The van der Waals surface area contributed by atoms with Gasteiger partial charge in [0.15, 0.2) is 5.82 Å². The maximum atomic E-state index is 5.44. The minimum atomic E-state index is 0.469. The first-order chi connectivity index (χ1) is 9.65. The van der Waals surface area contributed by atoms with Gasteiger partial charge in [-0.25, -0.2) is 9.97 Å². The van der Waals surface area contributed by atoms with Crippen LogP contribution >= 0.6 is 0 Å². The molecular formula is C15H26N4O. The lowest BCUT2D eigenvalue weighted by atomic mass is 9.92. The number of nitrogens with one attached hydrogen (secondary N) is 1. The molecule has 20 heavy (non-hydrogen) atoms. The first-order valence-electron chi connectivity index (χ1n) is 7.55. The van der Waals surface area contributed by atoms with Crippen molar-refractivity contribution in [3.8, 4) is 0 Å². The highest BCUT2D eigenvalue weighted by atomic mass is 16.5. The smallest absolute Gasteiger partial charge is 0.158 e. The molecule has 2 atom stereocenters. The van der Waals surface area contributed by atoms with Crippen molar-refractivity contribution in [2.75, 3.05) is 30.4 Å². The summed E-state index contributed by atoms with van der Waals surface area (Å²) < 4.78 is 5.44. The van der Waals surface area contributed by atoms with E-state index in [2.05, 4.69) is 34.0 Å². The SMILES string of the molecule is CCOCc1nc(NC)cc(N2CCCC(C)C2C)n1. The molecule has 5 heteroatoms. The van der Waals surface area contributed by atoms with Crippen LogP contribution in [0, 0.1) is 5.92 Å². The van der Waals surface area contributed by atoms with Crippen molar-refractivity contribution in [1.82, 2.24) is 9.97 Å². The molecule has 5 nitrogen and oxygen atoms in total. The van der Waals surface area contributed by atoms with Crippen molar-refractivity contribution < 1.29 is 4.74 Å². The maximum absolute atomic E-state index is 5.44. The Kier molecular flexibility index (Phi) is 5.17. The number of hydrogen-bond acceptors (Lipinski definition) is 5. The predicted molar refractivity (Wildman–Crippen MR) is 82.1 cm³/mol. The van der Waals surface area contributed by atoms with Gasteiger partial charge < -0.3 is 15.0 Å². The monoisotopic (exact) mass is 278 g/mol. The van der Waals surface area contributed by atoms with Crippen molar-refractivity contribution in [2.24, 2.45) is 5.92 Å². The number of ether oxygens (including phenoxy) is 1. The topological polar surface area (TPSA) is 50.3 Å². The van der Waals surface area contributed by atoms with E-state index in [4.69, 9.17) is 4.74 Å². The molecule has 1 aromatic heterocycles. The summed E-state index contributed by atoms with van der Waals surface area (Å²) in [6.07, 6.45) is 2.53. The van der Waals surface area contributed by atoms with E-state index in [-0.39, 0.29) is 0 Å². The van der Waals surface area contributed by atoms with Crippen molar-refractivity contribution in [1.29, 1.82) is 0 Å². The van der Waals surface area contributed by atoms with E-state index in [0.29, 0.717) is 25.2 Å². The summed E-state index contributed by atoms with van der Waals surface area (Å²) >= 11 is 0. The van der Waals surface area contributed by atoms with Gasteiger partial charge in [-0.1, -0.05) is 6.92 Å². The molecule has 1 aliphatic heterocycles. The van der Waals surface area contributed by atoms with Gasteiger partial charge in [-0.3, -0.25) is 0 Å². The van der Waals surface area contributed by atoms with Crippen LogP contribution < -0.4 is 10.2 Å². The highest BCUT2D eigenvalue weighted by Crippen LogP contribution is 2.28. The zero-order valence-electron chi connectivity index (χ0n) is 13.0. The lowest BCUT2D eigenvalue weighted by Crippen LogP contribution is -2.43. The second kappa shape index (κ2) is 6.88. The van der Waals surface area contributed by atoms with E-state index in [1.807, 2.05) is 20.0 Å². The molecule has 0 aliphatic carbocycles. The van der Waals surface area contributed by atoms with Crippen LogP contribution in [0.3, 0.4) is 0 Å². The third-order valence-corrected chi connectivity index (χ3v) is 4.12. The van der Waals surface area contributed by atoms with Gasteiger partial charge in [0.05, 0.1) is 0 Å². The lowest BCUT2D eigenvalue weighted by molar-refractivity contribution is 0.128. The van der Waals surface area contributed by atoms with Crippen LogP contribution in [0.2, 0.25) is 0 Å². The van der Waals surface area contributed by atoms with Crippen molar-refractivity contribution in [2.45, 2.75) is 46.3 Å². The summed E-state index contributed by atoms with van der Waals surface area (Å²) in [4.78, 5) is 11.5. The molecule has 1 aromatic rings. The van der Waals surface area contributed by atoms with E-state index < -0.39 is 0 Å². The molecule has 0 bridgehead atoms. The second-order valence-electron chi connectivity index (χ2n) is 5.47. The Balaban J connectivity index is 2.24. The molecule has 1 N–H and O–H groups in total. The molecule has 0 radical (unpaired) electrons. The Morgan fingerprint density at radius 1 is 1.40 bits per heavy atom. The van der Waals surface area contributed by atoms with Crippen LogP contribution in [0.4, 0.5) is 11.6 Å². The Hall–Kier alpha value is -1.36. The van der Waals surface area contributed by atoms with Crippen LogP contribution in [0.5, 0.6) is 0 Å². The second-order valence-corrected chi connectivity index (χ2v) is 5.47. The third-order valence-electron chi connectivity index (χ3n) is 4.12. The van der Waals surface area contributed by atoms with Crippen LogP contribution in [-0.2, 0) is 11.3 Å². The molecule has 0 amide bonds. The highest BCUT2D eigenvalue weighted by Gasteiger charge is 2.26. The lowest BCUT2D eigenvalue weighted by Gasteiger charge is -2.39. The van der Waals surface area contributed by atoms with Gasteiger partial charge >= 0.3 is 0 Å². The quantitative estimate of drug-likeness (QED) is 0.897. The Bertz CT molecular complexity index is 438. The van der Waals surface area contributed by atoms with Gasteiger partial charge in [0, 0.05) is 32.3 Å². The number of hydrogen-bond donors (Lipinski definition) is 1. The average molecular weight is 278 g/mol. The van der Waals surface area contributed by atoms with Crippen molar-refractivity contribution in [3.05, 3.63) is 11.9 Å². The van der Waals surface area contributed by atoms with Crippen molar-refractivity contribution in [3.63, 3.8) is 0 Å². The molecular weight excluding hydrogens is 252 g/mol. The number of anilines is 2. The van der Waals surface area contributed by atoms with E-state index >= 15 is 0 Å². The first-order valence-corrected chi connectivity index (χ1v) is 7.55. The number of piperidine rings is 1. The summed E-state index contributed by atoms with van der Waals surface area (Å²) in [6, 6.07) is 2.55. The van der Waals surface area contributed by atoms with Gasteiger partial charge in [-0.15, -0.1) is 0 Å². The van der Waals surface area contributed by atoms with E-state index in [1.165, 1.54) is 12.8 Å². The van der Waals surface area contributed by atoms with Crippen LogP contribution in [0.15, 0.2) is 6.07 Å². The fourth-order valence-corrected chi connectivity index (χ4v) is 2.68. The summed E-state index contributed by atoms with van der Waals surface area (Å²) in [6.45, 7) is 8.80. The van der Waals surface area contributed by atoms with Crippen LogP contribution in [0.25, 0.3) is 0 Å². The van der Waals surface area contributed by atoms with Crippen LogP contribution in [0.1, 0.15) is 39.4 Å².